The van der Waals surface area contributed by atoms with Gasteiger partial charge in [0.1, 0.15) is 11.4 Å². The van der Waals surface area contributed by atoms with E-state index < -0.39 is 11.2 Å². The quantitative estimate of drug-likeness (QED) is 0.192. The van der Waals surface area contributed by atoms with E-state index in [4.69, 9.17) is 16.1 Å². The maximum Gasteiger partial charge on any atom is 0.259 e. The number of carbonyl (C=O) groups is 2. The van der Waals surface area contributed by atoms with Crippen LogP contribution in [0.3, 0.4) is 0 Å². The summed E-state index contributed by atoms with van der Waals surface area (Å²) < 4.78 is 23.2. The van der Waals surface area contributed by atoms with Gasteiger partial charge < -0.3 is 23.8 Å². The maximum absolute atomic E-state index is 15.8. The first kappa shape index (κ1) is 35.3. The zero-order chi connectivity index (χ0) is 36.4. The van der Waals surface area contributed by atoms with Crippen molar-refractivity contribution in [2.75, 3.05) is 57.3 Å². The fraction of sp³-hybridized carbons (Fsp3) is 0.359. The van der Waals surface area contributed by atoms with E-state index in [1.807, 2.05) is 70.7 Å². The van der Waals surface area contributed by atoms with E-state index >= 15 is 4.39 Å². The van der Waals surface area contributed by atoms with Crippen molar-refractivity contribution in [3.8, 4) is 11.4 Å². The van der Waals surface area contributed by atoms with Crippen LogP contribution in [-0.2, 0) is 17.8 Å². The van der Waals surface area contributed by atoms with Gasteiger partial charge in [0.2, 0.25) is 23.1 Å². The van der Waals surface area contributed by atoms with Crippen molar-refractivity contribution in [1.82, 2.24) is 29.4 Å². The molecule has 1 unspecified atom stereocenters. The predicted molar refractivity (Wildman–Crippen MR) is 198 cm³/mol. The molecule has 2 aliphatic rings. The second-order valence-corrected chi connectivity index (χ2v) is 13.7. The highest BCUT2D eigenvalue weighted by atomic mass is 35.5. The third-order valence-corrected chi connectivity index (χ3v) is 10.5. The average molecular weight is 726 g/mol. The molecule has 0 aliphatic carbocycles. The summed E-state index contributed by atoms with van der Waals surface area (Å²) >= 11 is 6.00. The Hall–Kier alpha value is -5.07. The molecule has 5 aromatic rings. The van der Waals surface area contributed by atoms with E-state index in [2.05, 4.69) is 15.0 Å². The van der Waals surface area contributed by atoms with Crippen LogP contribution in [0.25, 0.3) is 22.3 Å². The molecule has 2 fully saturated rings. The first-order chi connectivity index (χ1) is 25.2. The highest BCUT2D eigenvalue weighted by Crippen LogP contribution is 2.28. The molecule has 52 heavy (non-hydrogen) atoms. The second kappa shape index (κ2) is 15.3. The molecule has 3 aromatic carbocycles. The maximum atomic E-state index is 15.8. The van der Waals surface area contributed by atoms with Crippen molar-refractivity contribution >= 4 is 40.0 Å². The number of nitrogens with zero attached hydrogens (tertiary/aromatic N) is 7. The van der Waals surface area contributed by atoms with Gasteiger partial charge in [0, 0.05) is 87.5 Å². The van der Waals surface area contributed by atoms with Crippen molar-refractivity contribution < 1.29 is 18.5 Å². The molecule has 2 amide bonds. The molecule has 0 saturated carbocycles. The van der Waals surface area contributed by atoms with Crippen LogP contribution in [0.1, 0.15) is 48.1 Å². The van der Waals surface area contributed by atoms with Gasteiger partial charge in [-0.15, -0.1) is 0 Å². The third-order valence-electron chi connectivity index (χ3n) is 10.2. The van der Waals surface area contributed by atoms with Gasteiger partial charge in [-0.1, -0.05) is 47.1 Å². The lowest BCUT2D eigenvalue weighted by molar-refractivity contribution is -0.131. The number of hydrogen-bond acceptors (Lipinski definition) is 8. The topological polar surface area (TPSA) is 108 Å². The molecule has 1 atom stereocenters. The van der Waals surface area contributed by atoms with E-state index in [0.29, 0.717) is 99.7 Å². The van der Waals surface area contributed by atoms with Gasteiger partial charge in [-0.2, -0.15) is 4.98 Å². The number of pyridine rings is 1. The summed E-state index contributed by atoms with van der Waals surface area (Å²) in [5, 5.41) is 4.92. The molecule has 0 radical (unpaired) electrons. The highest BCUT2D eigenvalue weighted by Gasteiger charge is 2.30. The Morgan fingerprint density at radius 1 is 0.923 bits per heavy atom. The lowest BCUT2D eigenvalue weighted by Gasteiger charge is -2.37. The number of aryl methyl sites for hydroxylation is 2. The normalized spacial score (nSPS) is 16.0. The Bertz CT molecular complexity index is 2120. The number of hydrogen-bond donors (Lipinski definition) is 0. The largest absolute Gasteiger partial charge is 0.366 e. The van der Waals surface area contributed by atoms with Crippen molar-refractivity contribution in [3.63, 3.8) is 0 Å². The average Bonchev–Trinajstić information content (AvgIpc) is 3.68. The Kier molecular flexibility index (Phi) is 10.4. The summed E-state index contributed by atoms with van der Waals surface area (Å²) in [5.41, 5.74) is 2.41. The molecule has 4 heterocycles. The molecule has 2 aromatic heterocycles. The van der Waals surface area contributed by atoms with E-state index in [0.717, 1.165) is 11.1 Å². The van der Waals surface area contributed by atoms with Crippen molar-refractivity contribution in [2.24, 2.45) is 0 Å². The van der Waals surface area contributed by atoms with Gasteiger partial charge in [-0.3, -0.25) is 19.3 Å². The van der Waals surface area contributed by atoms with E-state index in [1.165, 1.54) is 6.07 Å². The van der Waals surface area contributed by atoms with Gasteiger partial charge in [-0.25, -0.2) is 4.39 Å². The Balaban J connectivity index is 1.00. The number of aromatic nitrogens is 3. The Morgan fingerprint density at radius 3 is 2.31 bits per heavy atom. The predicted octanol–water partition coefficient (Wildman–Crippen LogP) is 5.66. The number of benzene rings is 3. The van der Waals surface area contributed by atoms with Crippen molar-refractivity contribution in [2.45, 2.75) is 39.3 Å². The molecular weight excluding hydrogens is 685 g/mol. The lowest BCUT2D eigenvalue weighted by Crippen LogP contribution is -2.50. The summed E-state index contributed by atoms with van der Waals surface area (Å²) in [7, 11) is 0. The van der Waals surface area contributed by atoms with Gasteiger partial charge in [0.05, 0.1) is 17.2 Å². The van der Waals surface area contributed by atoms with Crippen LogP contribution in [0.15, 0.2) is 82.2 Å². The molecule has 0 N–H and O–H groups in total. The van der Waals surface area contributed by atoms with Crippen LogP contribution in [-0.4, -0.2) is 93.6 Å². The smallest absolute Gasteiger partial charge is 0.259 e. The molecule has 13 heteroatoms. The van der Waals surface area contributed by atoms with Crippen molar-refractivity contribution in [3.05, 3.63) is 111 Å². The van der Waals surface area contributed by atoms with Crippen molar-refractivity contribution in [1.29, 1.82) is 0 Å². The van der Waals surface area contributed by atoms with E-state index in [1.54, 1.807) is 29.3 Å². The van der Waals surface area contributed by atoms with Gasteiger partial charge in [0.25, 0.3) is 5.91 Å². The summed E-state index contributed by atoms with van der Waals surface area (Å²) in [4.78, 5) is 52.6. The highest BCUT2D eigenvalue weighted by molar-refractivity contribution is 6.30. The molecule has 2 aliphatic heterocycles. The summed E-state index contributed by atoms with van der Waals surface area (Å²) in [6.45, 7) is 8.23. The van der Waals surface area contributed by atoms with Crippen LogP contribution in [0.2, 0.25) is 5.02 Å². The minimum Gasteiger partial charge on any atom is -0.366 e. The minimum absolute atomic E-state index is 0.0233. The van der Waals surface area contributed by atoms with Gasteiger partial charge in [0.15, 0.2) is 0 Å². The number of amides is 2. The lowest BCUT2D eigenvalue weighted by atomic mass is 10.1. The van der Waals surface area contributed by atoms with Gasteiger partial charge in [-0.05, 0) is 62.2 Å². The standard InChI is InChI=1S/C39H41ClFN7O4/c1-3-44-25-31(39(51)48-21-15-45(16-22-48)26(2)38-42-37(43-52-38)28-10-12-29(40)13-11-28)36(50)30-23-32(41)34(24-33(30)44)46-17-19-47(20-18-46)35(49)14-9-27-7-5-4-6-8-27/h4-8,10-13,23-26H,3,9,14-22H2,1-2H3. The zero-order valence-electron chi connectivity index (χ0n) is 29.3. The number of anilines is 1. The van der Waals surface area contributed by atoms with Crippen LogP contribution < -0.4 is 10.3 Å². The van der Waals surface area contributed by atoms with Crippen LogP contribution in [0.5, 0.6) is 0 Å². The Morgan fingerprint density at radius 2 is 1.62 bits per heavy atom. The molecule has 0 spiro atoms. The monoisotopic (exact) mass is 725 g/mol. The molecular formula is C39H41ClFN7O4. The molecule has 2 saturated heterocycles. The number of piperazine rings is 2. The third kappa shape index (κ3) is 7.31. The summed E-state index contributed by atoms with van der Waals surface area (Å²) in [6.07, 6.45) is 2.71. The number of halogens is 2. The van der Waals surface area contributed by atoms with Crippen LogP contribution in [0, 0.1) is 5.82 Å². The van der Waals surface area contributed by atoms with Gasteiger partial charge >= 0.3 is 0 Å². The molecule has 0 bridgehead atoms. The zero-order valence-corrected chi connectivity index (χ0v) is 30.1. The van der Waals surface area contributed by atoms with E-state index in [9.17, 15) is 14.4 Å². The molecule has 7 rings (SSSR count). The van der Waals surface area contributed by atoms with Crippen LogP contribution >= 0.6 is 11.6 Å². The first-order valence-electron chi connectivity index (χ1n) is 17.8. The van der Waals surface area contributed by atoms with Crippen LogP contribution in [0.4, 0.5) is 10.1 Å². The summed E-state index contributed by atoms with van der Waals surface area (Å²) in [5.74, 6) is 0.140. The fourth-order valence-corrected chi connectivity index (χ4v) is 7.19. The molecule has 11 nitrogen and oxygen atoms in total. The first-order valence-corrected chi connectivity index (χ1v) is 18.1. The van der Waals surface area contributed by atoms with E-state index in [-0.39, 0.29) is 28.8 Å². The SMILES string of the molecule is CCn1cc(C(=O)N2CCN(C(C)c3nc(-c4ccc(Cl)cc4)no3)CC2)c(=O)c2cc(F)c(N3CCN(C(=O)CCc4ccccc4)CC3)cc21. The number of carbonyl (C=O) groups excluding carboxylic acids is 2. The summed E-state index contributed by atoms with van der Waals surface area (Å²) in [6, 6.07) is 19.9. The minimum atomic E-state index is -0.524. The number of fused-ring (bicyclic) bond motifs is 1. The molecule has 270 valence electrons. The Labute approximate surface area is 306 Å². The number of rotatable bonds is 9. The second-order valence-electron chi connectivity index (χ2n) is 13.3. The fourth-order valence-electron chi connectivity index (χ4n) is 7.07.